The van der Waals surface area contributed by atoms with Crippen LogP contribution in [0, 0.1) is 17.8 Å². The smallest absolute Gasteiger partial charge is 0.329 e. The SMILES string of the molecule is CCCCCCC=CCC(=O)N[C@@H](CO)C(=O)N[C@H](C(=O)N[C@@H](CO)[C@@H](O)CC(=O)N[C@H](C(=O)N[C@@H]1C=CC(=O)N[C@@H](C(C)C)C(=O)N(C)C(Cc2ccc(O)cc2)C(=O)OC1)C(C)C)C(C)C. The average molecular weight is 958 g/mol. The Labute approximate surface area is 399 Å². The quantitative estimate of drug-likeness (QED) is 0.0361. The van der Waals surface area contributed by atoms with Crippen molar-refractivity contribution >= 4 is 47.3 Å². The van der Waals surface area contributed by atoms with Crippen molar-refractivity contribution in [2.45, 2.75) is 148 Å². The summed E-state index contributed by atoms with van der Waals surface area (Å²) < 4.78 is 5.63. The second-order valence-electron chi connectivity index (χ2n) is 18.1. The largest absolute Gasteiger partial charge is 0.508 e. The number of carbonyl (C=O) groups is 8. The summed E-state index contributed by atoms with van der Waals surface area (Å²) in [7, 11) is 1.42. The highest BCUT2D eigenvalue weighted by molar-refractivity contribution is 5.95. The van der Waals surface area contributed by atoms with Gasteiger partial charge in [-0.1, -0.05) is 98.1 Å². The number of cyclic esters (lactones) is 1. The molecule has 0 bridgehead atoms. The Bertz CT molecular complexity index is 1890. The highest BCUT2D eigenvalue weighted by Crippen LogP contribution is 2.18. The molecule has 0 aromatic heterocycles. The molecule has 10 N–H and O–H groups in total. The number of esters is 1. The number of unbranched alkanes of at least 4 members (excludes halogenated alkanes) is 4. The van der Waals surface area contributed by atoms with Crippen molar-refractivity contribution in [3.05, 3.63) is 54.1 Å². The second-order valence-corrected chi connectivity index (χ2v) is 18.1. The molecule has 0 saturated heterocycles. The summed E-state index contributed by atoms with van der Waals surface area (Å²) in [5.41, 5.74) is 0.602. The molecule has 0 radical (unpaired) electrons. The number of aliphatic hydroxyl groups is 3. The van der Waals surface area contributed by atoms with Gasteiger partial charge in [0.15, 0.2) is 0 Å². The number of nitrogens with one attached hydrogen (secondary N) is 6. The van der Waals surface area contributed by atoms with Crippen molar-refractivity contribution in [1.82, 2.24) is 36.8 Å². The lowest BCUT2D eigenvalue weighted by atomic mass is 9.99. The highest BCUT2D eigenvalue weighted by atomic mass is 16.5. The summed E-state index contributed by atoms with van der Waals surface area (Å²) in [6, 6.07) is -2.52. The Kier molecular flexibility index (Phi) is 25.5. The van der Waals surface area contributed by atoms with Gasteiger partial charge in [0.25, 0.3) is 0 Å². The maximum absolute atomic E-state index is 13.8. The van der Waals surface area contributed by atoms with Crippen molar-refractivity contribution in [2.75, 3.05) is 26.9 Å². The Morgan fingerprint density at radius 1 is 0.824 bits per heavy atom. The number of allylic oxidation sites excluding steroid dienone is 1. The lowest BCUT2D eigenvalue weighted by molar-refractivity contribution is -0.156. The van der Waals surface area contributed by atoms with Crippen LogP contribution >= 0.6 is 0 Å². The van der Waals surface area contributed by atoms with Gasteiger partial charge < -0.3 is 62.0 Å². The summed E-state index contributed by atoms with van der Waals surface area (Å²) in [6.45, 7) is 10.0. The minimum absolute atomic E-state index is 0.000292. The maximum atomic E-state index is 13.8. The average Bonchev–Trinajstić information content (AvgIpc) is 3.28. The normalized spacial score (nSPS) is 19.2. The Morgan fingerprint density at radius 3 is 2.06 bits per heavy atom. The molecule has 1 aliphatic rings. The zero-order valence-electron chi connectivity index (χ0n) is 40.7. The molecule has 7 amide bonds. The number of nitrogens with zero attached hydrogens (tertiary/aromatic N) is 1. The molecule has 20 nitrogen and oxygen atoms in total. The van der Waals surface area contributed by atoms with Crippen LogP contribution in [0.3, 0.4) is 0 Å². The third-order valence-electron chi connectivity index (χ3n) is 11.3. The van der Waals surface area contributed by atoms with Gasteiger partial charge in [0.2, 0.25) is 41.4 Å². The number of benzene rings is 1. The lowest BCUT2D eigenvalue weighted by Gasteiger charge is -2.32. The van der Waals surface area contributed by atoms with E-state index in [0.29, 0.717) is 5.56 Å². The zero-order valence-corrected chi connectivity index (χ0v) is 40.7. The first-order chi connectivity index (χ1) is 32.1. The standard InChI is InChI=1S/C48H75N7O13/c1-9-10-11-12-13-14-15-16-38(60)50-35(26-57)44(63)54-42(29(4)5)46(65)51-34(25-56)37(59)24-40(62)53-41(28(2)3)45(64)49-32-19-22-39(61)52-43(30(6)7)47(66)55(8)36(48(67)68-27-32)23-31-17-20-33(58)21-18-31/h14-15,17-22,28-30,32,34-37,41-43,56-59H,9-13,16,23-27H2,1-8H3,(H,49,64)(H,50,60)(H,51,65)(H,52,61)(H,53,62)(H,54,63)/t32-,34+,35+,36?,37+,41+,42+,43+/m1/s1. The minimum Gasteiger partial charge on any atom is -0.508 e. The van der Waals surface area contributed by atoms with Crippen LogP contribution in [-0.2, 0) is 49.5 Å². The van der Waals surface area contributed by atoms with E-state index in [1.807, 2.05) is 6.08 Å². The maximum Gasteiger partial charge on any atom is 0.329 e. The molecule has 1 heterocycles. The van der Waals surface area contributed by atoms with E-state index >= 15 is 0 Å². The monoisotopic (exact) mass is 958 g/mol. The van der Waals surface area contributed by atoms with Gasteiger partial charge in [0, 0.05) is 26.0 Å². The Morgan fingerprint density at radius 2 is 1.47 bits per heavy atom. The predicted molar refractivity (Wildman–Crippen MR) is 252 cm³/mol. The van der Waals surface area contributed by atoms with Crippen LogP contribution in [0.1, 0.15) is 99.0 Å². The van der Waals surface area contributed by atoms with Gasteiger partial charge in [-0.25, -0.2) is 4.79 Å². The number of likely N-dealkylation sites (N-methyl/N-ethyl adjacent to an activating group) is 1. The Balaban J connectivity index is 2.14. The number of amides is 7. The summed E-state index contributed by atoms with van der Waals surface area (Å²) in [4.78, 5) is 108. The van der Waals surface area contributed by atoms with Crippen molar-refractivity contribution in [2.24, 2.45) is 17.8 Å². The van der Waals surface area contributed by atoms with Crippen LogP contribution in [0.15, 0.2) is 48.6 Å². The molecule has 68 heavy (non-hydrogen) atoms. The predicted octanol–water partition coefficient (Wildman–Crippen LogP) is 0.404. The molecule has 1 unspecified atom stereocenters. The van der Waals surface area contributed by atoms with E-state index in [2.05, 4.69) is 38.8 Å². The van der Waals surface area contributed by atoms with Gasteiger partial charge in [-0.2, -0.15) is 0 Å². The van der Waals surface area contributed by atoms with Gasteiger partial charge in [-0.15, -0.1) is 0 Å². The molecular formula is C48H75N7O13. The van der Waals surface area contributed by atoms with Gasteiger partial charge in [-0.3, -0.25) is 33.6 Å². The summed E-state index contributed by atoms with van der Waals surface area (Å²) >= 11 is 0. The van der Waals surface area contributed by atoms with Crippen LogP contribution in [0.25, 0.3) is 0 Å². The van der Waals surface area contributed by atoms with Gasteiger partial charge in [0.1, 0.15) is 42.6 Å². The molecule has 0 saturated carbocycles. The molecule has 8 atom stereocenters. The minimum atomic E-state index is -1.69. The van der Waals surface area contributed by atoms with Crippen molar-refractivity contribution in [1.29, 1.82) is 0 Å². The first-order valence-electron chi connectivity index (χ1n) is 23.4. The van der Waals surface area contributed by atoms with E-state index in [1.165, 1.54) is 30.2 Å². The Hall–Kier alpha value is -5.86. The third-order valence-corrected chi connectivity index (χ3v) is 11.3. The molecule has 1 aromatic carbocycles. The number of hydrogen-bond acceptors (Lipinski definition) is 13. The van der Waals surface area contributed by atoms with E-state index < -0.39 is 134 Å². The summed E-state index contributed by atoms with van der Waals surface area (Å²) in [5.74, 6) is -7.25. The first-order valence-corrected chi connectivity index (χ1v) is 23.4. The van der Waals surface area contributed by atoms with E-state index in [-0.39, 0.29) is 24.5 Å². The fourth-order valence-electron chi connectivity index (χ4n) is 7.08. The molecular weight excluding hydrogens is 883 g/mol. The zero-order chi connectivity index (χ0) is 51.1. The molecule has 380 valence electrons. The summed E-state index contributed by atoms with van der Waals surface area (Å²) in [5, 5.41) is 56.1. The number of phenolic OH excluding ortho intramolecular Hbond substituents is 1. The topological polar surface area (TPSA) is 302 Å². The number of hydrogen-bond donors (Lipinski definition) is 10. The molecule has 2 rings (SSSR count). The molecule has 1 aromatic rings. The number of ether oxygens (including phenoxy) is 1. The molecule has 1 aliphatic heterocycles. The van der Waals surface area contributed by atoms with Crippen LogP contribution in [0.4, 0.5) is 0 Å². The van der Waals surface area contributed by atoms with E-state index in [1.54, 1.807) is 59.8 Å². The third kappa shape index (κ3) is 19.8. The fraction of sp³-hybridized carbons (Fsp3) is 0.625. The summed E-state index contributed by atoms with van der Waals surface area (Å²) in [6.07, 6.45) is 8.67. The highest BCUT2D eigenvalue weighted by Gasteiger charge is 2.37. The van der Waals surface area contributed by atoms with Crippen LogP contribution in [0.5, 0.6) is 5.75 Å². The second kappa shape index (κ2) is 29.8. The van der Waals surface area contributed by atoms with Crippen molar-refractivity contribution < 1.29 is 63.5 Å². The molecule has 20 heteroatoms. The molecule has 0 aliphatic carbocycles. The molecule has 0 fully saturated rings. The fourth-order valence-corrected chi connectivity index (χ4v) is 7.08. The lowest BCUT2D eigenvalue weighted by Crippen LogP contribution is -2.59. The first kappa shape index (κ1) is 58.3. The van der Waals surface area contributed by atoms with Crippen LogP contribution in [-0.4, -0.2) is 148 Å². The van der Waals surface area contributed by atoms with Gasteiger partial charge in [0.05, 0.1) is 37.8 Å². The number of aromatic hydroxyl groups is 1. The van der Waals surface area contributed by atoms with Gasteiger partial charge in [-0.05, 0) is 48.3 Å². The van der Waals surface area contributed by atoms with E-state index in [9.17, 15) is 58.8 Å². The number of rotatable bonds is 25. The van der Waals surface area contributed by atoms with E-state index in [0.717, 1.165) is 38.2 Å². The van der Waals surface area contributed by atoms with Gasteiger partial charge >= 0.3 is 5.97 Å². The van der Waals surface area contributed by atoms with E-state index in [4.69, 9.17) is 4.74 Å². The van der Waals surface area contributed by atoms with Crippen LogP contribution in [0.2, 0.25) is 0 Å². The number of phenols is 1. The van der Waals surface area contributed by atoms with Crippen LogP contribution < -0.4 is 31.9 Å². The van der Waals surface area contributed by atoms with Crippen molar-refractivity contribution in [3.63, 3.8) is 0 Å². The number of aliphatic hydroxyl groups excluding tert-OH is 3. The number of carbonyl (C=O) groups excluding carboxylic acids is 8. The van der Waals surface area contributed by atoms with Crippen molar-refractivity contribution in [3.8, 4) is 5.75 Å². The molecule has 0 spiro atoms.